The minimum atomic E-state index is -0.351. The van der Waals surface area contributed by atoms with E-state index in [4.69, 9.17) is 0 Å². The van der Waals surface area contributed by atoms with Crippen LogP contribution in [-0.2, 0) is 0 Å². The number of nitrogens with zero attached hydrogens (tertiary/aromatic N) is 1. The molecule has 1 atom stereocenters. The van der Waals surface area contributed by atoms with Crippen LogP contribution in [0.4, 0.5) is 4.39 Å². The molecule has 20 heavy (non-hydrogen) atoms. The minimum absolute atomic E-state index is 0.165. The van der Waals surface area contributed by atoms with E-state index in [9.17, 15) is 9.18 Å². The molecule has 110 valence electrons. The molecule has 1 aromatic carbocycles. The number of hydrogen-bond acceptors (Lipinski definition) is 2. The van der Waals surface area contributed by atoms with Gasteiger partial charge in [-0.25, -0.2) is 4.39 Å². The van der Waals surface area contributed by atoms with E-state index in [1.54, 1.807) is 0 Å². The summed E-state index contributed by atoms with van der Waals surface area (Å²) >= 11 is 3.21. The van der Waals surface area contributed by atoms with E-state index in [2.05, 4.69) is 33.1 Å². The topological polar surface area (TPSA) is 32.3 Å². The van der Waals surface area contributed by atoms with Crippen LogP contribution < -0.4 is 5.32 Å². The third-order valence-corrected chi connectivity index (χ3v) is 4.29. The first kappa shape index (κ1) is 15.4. The Bertz CT molecular complexity index is 481. The molecule has 1 N–H and O–H groups in total. The molecule has 1 saturated heterocycles. The lowest BCUT2D eigenvalue weighted by atomic mass is 10.0. The van der Waals surface area contributed by atoms with E-state index in [0.29, 0.717) is 16.6 Å². The van der Waals surface area contributed by atoms with E-state index in [1.807, 2.05) is 0 Å². The number of halogens is 2. The van der Waals surface area contributed by atoms with Gasteiger partial charge < -0.3 is 10.2 Å². The van der Waals surface area contributed by atoms with Crippen LogP contribution in [0.1, 0.15) is 30.1 Å². The van der Waals surface area contributed by atoms with Gasteiger partial charge in [-0.2, -0.15) is 0 Å². The number of amides is 1. The maximum Gasteiger partial charge on any atom is 0.252 e. The smallest absolute Gasteiger partial charge is 0.252 e. The molecule has 0 radical (unpaired) electrons. The third-order valence-electron chi connectivity index (χ3n) is 3.63. The van der Waals surface area contributed by atoms with Crippen molar-refractivity contribution < 1.29 is 9.18 Å². The van der Waals surface area contributed by atoms with Crippen LogP contribution in [0.5, 0.6) is 0 Å². The van der Waals surface area contributed by atoms with E-state index >= 15 is 0 Å². The maximum absolute atomic E-state index is 13.0. The second kappa shape index (κ2) is 7.18. The monoisotopic (exact) mass is 342 g/mol. The van der Waals surface area contributed by atoms with Crippen molar-refractivity contribution in [2.24, 2.45) is 5.92 Å². The molecule has 0 saturated carbocycles. The Morgan fingerprint density at radius 3 is 3.05 bits per heavy atom. The second-order valence-corrected chi connectivity index (χ2v) is 6.28. The minimum Gasteiger partial charge on any atom is -0.351 e. The lowest BCUT2D eigenvalue weighted by molar-refractivity contribution is 0.0943. The van der Waals surface area contributed by atoms with Gasteiger partial charge in [-0.05, 0) is 59.4 Å². The van der Waals surface area contributed by atoms with Gasteiger partial charge in [0.25, 0.3) is 5.91 Å². The molecular weight excluding hydrogens is 323 g/mol. The first-order valence-electron chi connectivity index (χ1n) is 7.02. The van der Waals surface area contributed by atoms with Crippen molar-refractivity contribution >= 4 is 21.8 Å². The molecule has 5 heteroatoms. The standard InChI is InChI=1S/C15H20BrFN2O/c1-11-3-2-7-19(10-11)8-6-18-15(20)13-5-4-12(17)9-14(13)16/h4-5,9,11H,2-3,6-8,10H2,1H3,(H,18,20)/t11-/m0/s1. The fourth-order valence-electron chi connectivity index (χ4n) is 2.59. The van der Waals surface area contributed by atoms with Crippen LogP contribution in [-0.4, -0.2) is 37.0 Å². The van der Waals surface area contributed by atoms with Crippen molar-refractivity contribution in [3.8, 4) is 0 Å². The molecule has 0 unspecified atom stereocenters. The lowest BCUT2D eigenvalue weighted by Crippen LogP contribution is -2.40. The SMILES string of the molecule is C[C@H]1CCCN(CCNC(=O)c2ccc(F)cc2Br)C1. The summed E-state index contributed by atoms with van der Waals surface area (Å²) < 4.78 is 13.5. The highest BCUT2D eigenvalue weighted by atomic mass is 79.9. The van der Waals surface area contributed by atoms with Crippen molar-refractivity contribution in [3.63, 3.8) is 0 Å². The first-order valence-corrected chi connectivity index (χ1v) is 7.81. The summed E-state index contributed by atoms with van der Waals surface area (Å²) in [5.41, 5.74) is 0.471. The summed E-state index contributed by atoms with van der Waals surface area (Å²) in [5.74, 6) is 0.225. The molecule has 1 aliphatic heterocycles. The van der Waals surface area contributed by atoms with Gasteiger partial charge in [-0.1, -0.05) is 6.92 Å². The summed E-state index contributed by atoms with van der Waals surface area (Å²) in [4.78, 5) is 14.4. The average molecular weight is 343 g/mol. The molecule has 1 heterocycles. The number of piperidine rings is 1. The third kappa shape index (κ3) is 4.28. The molecule has 0 aliphatic carbocycles. The van der Waals surface area contributed by atoms with Crippen molar-refractivity contribution in [2.45, 2.75) is 19.8 Å². The summed E-state index contributed by atoms with van der Waals surface area (Å²) in [7, 11) is 0. The van der Waals surface area contributed by atoms with E-state index in [-0.39, 0.29) is 11.7 Å². The molecule has 2 rings (SSSR count). The Hall–Kier alpha value is -0.940. The van der Waals surface area contributed by atoms with Crippen molar-refractivity contribution in [1.82, 2.24) is 10.2 Å². The number of likely N-dealkylation sites (tertiary alicyclic amines) is 1. The predicted octanol–water partition coefficient (Wildman–Crippen LogP) is 3.05. The van der Waals surface area contributed by atoms with Gasteiger partial charge in [0, 0.05) is 24.1 Å². The zero-order valence-corrected chi connectivity index (χ0v) is 13.2. The van der Waals surface area contributed by atoms with Crippen LogP contribution in [0.15, 0.2) is 22.7 Å². The van der Waals surface area contributed by atoms with Crippen LogP contribution in [0, 0.1) is 11.7 Å². The van der Waals surface area contributed by atoms with Crippen molar-refractivity contribution in [1.29, 1.82) is 0 Å². The number of benzene rings is 1. The van der Waals surface area contributed by atoms with Crippen LogP contribution in [0.25, 0.3) is 0 Å². The zero-order valence-electron chi connectivity index (χ0n) is 11.7. The quantitative estimate of drug-likeness (QED) is 0.911. The maximum atomic E-state index is 13.0. The molecule has 1 aliphatic rings. The number of carbonyl (C=O) groups is 1. The van der Waals surface area contributed by atoms with Gasteiger partial charge in [0.05, 0.1) is 5.56 Å². The zero-order chi connectivity index (χ0) is 14.5. The van der Waals surface area contributed by atoms with Crippen LogP contribution in [0.3, 0.4) is 0 Å². The molecular formula is C15H20BrFN2O. The molecule has 1 amide bonds. The van der Waals surface area contributed by atoms with Gasteiger partial charge in [0.15, 0.2) is 0 Å². The first-order chi connectivity index (χ1) is 9.56. The number of hydrogen-bond donors (Lipinski definition) is 1. The summed E-state index contributed by atoms with van der Waals surface area (Å²) in [6.07, 6.45) is 2.53. The Morgan fingerprint density at radius 1 is 1.55 bits per heavy atom. The number of carbonyl (C=O) groups excluding carboxylic acids is 1. The summed E-state index contributed by atoms with van der Waals surface area (Å²) in [5, 5.41) is 2.89. The fourth-order valence-corrected chi connectivity index (χ4v) is 3.12. The second-order valence-electron chi connectivity index (χ2n) is 5.43. The Morgan fingerprint density at radius 2 is 2.35 bits per heavy atom. The molecule has 1 fully saturated rings. The Labute approximate surface area is 127 Å². The van der Waals surface area contributed by atoms with Gasteiger partial charge in [0.1, 0.15) is 5.82 Å². The Balaban J connectivity index is 1.80. The fraction of sp³-hybridized carbons (Fsp3) is 0.533. The highest BCUT2D eigenvalue weighted by molar-refractivity contribution is 9.10. The summed E-state index contributed by atoms with van der Waals surface area (Å²) in [6.45, 7) is 5.97. The van der Waals surface area contributed by atoms with Crippen LogP contribution in [0.2, 0.25) is 0 Å². The number of rotatable bonds is 4. The Kier molecular flexibility index (Phi) is 5.54. The summed E-state index contributed by atoms with van der Waals surface area (Å²) in [6, 6.07) is 4.10. The van der Waals surface area contributed by atoms with Crippen molar-refractivity contribution in [2.75, 3.05) is 26.2 Å². The lowest BCUT2D eigenvalue weighted by Gasteiger charge is -2.30. The van der Waals surface area contributed by atoms with E-state index < -0.39 is 0 Å². The van der Waals surface area contributed by atoms with Gasteiger partial charge in [0.2, 0.25) is 0 Å². The van der Waals surface area contributed by atoms with E-state index in [1.165, 1.54) is 31.0 Å². The number of nitrogens with one attached hydrogen (secondary N) is 1. The molecule has 0 spiro atoms. The highest BCUT2D eigenvalue weighted by Crippen LogP contribution is 2.18. The van der Waals surface area contributed by atoms with Gasteiger partial charge in [-0.3, -0.25) is 4.79 Å². The van der Waals surface area contributed by atoms with Gasteiger partial charge in [-0.15, -0.1) is 0 Å². The van der Waals surface area contributed by atoms with Crippen LogP contribution >= 0.6 is 15.9 Å². The largest absolute Gasteiger partial charge is 0.351 e. The van der Waals surface area contributed by atoms with Gasteiger partial charge >= 0.3 is 0 Å². The molecule has 3 nitrogen and oxygen atoms in total. The normalized spacial score (nSPS) is 19.9. The molecule has 0 aromatic heterocycles. The van der Waals surface area contributed by atoms with E-state index in [0.717, 1.165) is 25.6 Å². The highest BCUT2D eigenvalue weighted by Gasteiger charge is 2.16. The van der Waals surface area contributed by atoms with Crippen molar-refractivity contribution in [3.05, 3.63) is 34.1 Å². The molecule has 1 aromatic rings. The molecule has 0 bridgehead atoms. The average Bonchev–Trinajstić information content (AvgIpc) is 2.38. The predicted molar refractivity (Wildman–Crippen MR) is 81.3 cm³/mol.